The number of anilines is 1. The van der Waals surface area contributed by atoms with E-state index in [4.69, 9.17) is 11.6 Å². The van der Waals surface area contributed by atoms with Gasteiger partial charge in [-0.25, -0.2) is 9.18 Å². The molecule has 3 rings (SSSR count). The van der Waals surface area contributed by atoms with Crippen LogP contribution in [0.15, 0.2) is 48.5 Å². The molecule has 4 amide bonds. The van der Waals surface area contributed by atoms with Crippen LogP contribution in [0.2, 0.25) is 5.02 Å². The number of urea groups is 1. The lowest BCUT2D eigenvalue weighted by Gasteiger charge is -2.13. The second kappa shape index (κ2) is 7.53. The van der Waals surface area contributed by atoms with Gasteiger partial charge < -0.3 is 10.6 Å². The summed E-state index contributed by atoms with van der Waals surface area (Å²) in [6, 6.07) is 11.4. The van der Waals surface area contributed by atoms with Gasteiger partial charge >= 0.3 is 6.03 Å². The molecule has 2 aromatic carbocycles. The van der Waals surface area contributed by atoms with Crippen molar-refractivity contribution in [2.24, 2.45) is 0 Å². The largest absolute Gasteiger partial charge is 0.325 e. The molecule has 134 valence electrons. The van der Waals surface area contributed by atoms with E-state index in [1.54, 1.807) is 0 Å². The molecule has 0 bridgehead atoms. The number of hydrogen-bond acceptors (Lipinski definition) is 3. The molecule has 0 spiro atoms. The highest BCUT2D eigenvalue weighted by molar-refractivity contribution is 6.33. The summed E-state index contributed by atoms with van der Waals surface area (Å²) in [7, 11) is 0. The Morgan fingerprint density at radius 1 is 1.19 bits per heavy atom. The molecule has 26 heavy (non-hydrogen) atoms. The summed E-state index contributed by atoms with van der Waals surface area (Å²) in [5.41, 5.74) is 1.10. The fraction of sp³-hybridized carbons (Fsp3) is 0.167. The van der Waals surface area contributed by atoms with Crippen LogP contribution in [0.5, 0.6) is 0 Å². The zero-order chi connectivity index (χ0) is 18.7. The zero-order valence-corrected chi connectivity index (χ0v) is 14.3. The van der Waals surface area contributed by atoms with Crippen molar-refractivity contribution in [3.05, 3.63) is 64.9 Å². The van der Waals surface area contributed by atoms with Gasteiger partial charge in [0, 0.05) is 6.42 Å². The quantitative estimate of drug-likeness (QED) is 0.788. The lowest BCUT2D eigenvalue weighted by molar-refractivity contribution is -0.130. The second-order valence-corrected chi connectivity index (χ2v) is 6.20. The van der Waals surface area contributed by atoms with Crippen molar-refractivity contribution in [1.82, 2.24) is 10.2 Å². The molecule has 2 N–H and O–H groups in total. The van der Waals surface area contributed by atoms with Crippen molar-refractivity contribution >= 4 is 35.1 Å². The molecular weight excluding hydrogens is 361 g/mol. The summed E-state index contributed by atoms with van der Waals surface area (Å²) < 4.78 is 13.0. The Balaban J connectivity index is 1.63. The summed E-state index contributed by atoms with van der Waals surface area (Å²) in [5, 5.41) is 5.06. The van der Waals surface area contributed by atoms with Crippen molar-refractivity contribution in [3.8, 4) is 0 Å². The monoisotopic (exact) mass is 375 g/mol. The smallest absolute Gasteiger partial charge is 0.325 e. The molecule has 2 aromatic rings. The maximum atomic E-state index is 13.0. The molecule has 1 fully saturated rings. The van der Waals surface area contributed by atoms with Crippen LogP contribution >= 0.6 is 11.6 Å². The van der Waals surface area contributed by atoms with Crippen LogP contribution in [0.3, 0.4) is 0 Å². The maximum Gasteiger partial charge on any atom is 0.325 e. The Hall–Kier alpha value is -2.93. The Kier molecular flexibility index (Phi) is 5.18. The summed E-state index contributed by atoms with van der Waals surface area (Å²) in [4.78, 5) is 37.4. The van der Waals surface area contributed by atoms with Gasteiger partial charge in [0.15, 0.2) is 0 Å². The minimum absolute atomic E-state index is 0.0255. The molecule has 0 aromatic heterocycles. The topological polar surface area (TPSA) is 78.5 Å². The molecule has 1 saturated heterocycles. The molecule has 1 aliphatic rings. The number of carbonyl (C=O) groups is 3. The number of imide groups is 1. The van der Waals surface area contributed by atoms with Crippen LogP contribution in [0.25, 0.3) is 0 Å². The number of hydrogen-bond donors (Lipinski definition) is 2. The van der Waals surface area contributed by atoms with Crippen LogP contribution in [0, 0.1) is 5.82 Å². The van der Waals surface area contributed by atoms with Crippen molar-refractivity contribution in [1.29, 1.82) is 0 Å². The first kappa shape index (κ1) is 17.9. The lowest BCUT2D eigenvalue weighted by atomic mass is 10.1. The predicted octanol–water partition coefficient (Wildman–Crippen LogP) is 2.58. The number of carbonyl (C=O) groups excluding carboxylic acids is 3. The first-order chi connectivity index (χ1) is 12.4. The Morgan fingerprint density at radius 3 is 2.62 bits per heavy atom. The van der Waals surface area contributed by atoms with Gasteiger partial charge in [0.25, 0.3) is 5.91 Å². The van der Waals surface area contributed by atoms with Gasteiger partial charge in [0.05, 0.1) is 10.7 Å². The molecule has 1 aliphatic heterocycles. The number of nitrogens with one attached hydrogen (secondary N) is 2. The number of benzene rings is 2. The summed E-state index contributed by atoms with van der Waals surface area (Å²) in [5.74, 6) is -1.62. The number of halogens is 2. The standard InChI is InChI=1S/C18H15ClFN3O3/c19-13-9-12(20)6-7-14(13)21-16(24)10-23-17(25)15(22-18(23)26)8-11-4-2-1-3-5-11/h1-7,9,15H,8,10H2,(H,21,24)(H,22,26)/t15-/m1/s1. The molecule has 0 saturated carbocycles. The van der Waals surface area contributed by atoms with E-state index in [2.05, 4.69) is 10.6 Å². The minimum atomic E-state index is -0.716. The normalized spacial score (nSPS) is 16.5. The summed E-state index contributed by atoms with van der Waals surface area (Å²) in [6.45, 7) is -0.455. The minimum Gasteiger partial charge on any atom is -0.325 e. The van der Waals surface area contributed by atoms with E-state index in [1.165, 1.54) is 6.07 Å². The number of amides is 4. The highest BCUT2D eigenvalue weighted by Gasteiger charge is 2.38. The summed E-state index contributed by atoms with van der Waals surface area (Å²) in [6.07, 6.45) is 0.341. The predicted molar refractivity (Wildman–Crippen MR) is 94.2 cm³/mol. The van der Waals surface area contributed by atoms with Crippen molar-refractivity contribution < 1.29 is 18.8 Å². The fourth-order valence-corrected chi connectivity index (χ4v) is 2.85. The fourth-order valence-electron chi connectivity index (χ4n) is 2.64. The molecular formula is C18H15ClFN3O3. The molecule has 1 atom stereocenters. The molecule has 6 nitrogen and oxygen atoms in total. The summed E-state index contributed by atoms with van der Waals surface area (Å²) >= 11 is 5.85. The third-order valence-electron chi connectivity index (χ3n) is 3.90. The molecule has 1 heterocycles. The van der Waals surface area contributed by atoms with E-state index in [0.29, 0.717) is 6.42 Å². The van der Waals surface area contributed by atoms with Crippen molar-refractivity contribution in [2.75, 3.05) is 11.9 Å². The molecule has 0 aliphatic carbocycles. The van der Waals surface area contributed by atoms with E-state index in [-0.39, 0.29) is 10.7 Å². The van der Waals surface area contributed by atoms with E-state index in [1.807, 2.05) is 30.3 Å². The average Bonchev–Trinajstić information content (AvgIpc) is 2.86. The van der Waals surface area contributed by atoms with E-state index in [0.717, 1.165) is 22.6 Å². The van der Waals surface area contributed by atoms with Crippen LogP contribution < -0.4 is 10.6 Å². The number of nitrogens with zero attached hydrogens (tertiary/aromatic N) is 1. The van der Waals surface area contributed by atoms with Crippen LogP contribution in [-0.4, -0.2) is 35.3 Å². The lowest BCUT2D eigenvalue weighted by Crippen LogP contribution is -2.38. The highest BCUT2D eigenvalue weighted by atomic mass is 35.5. The van der Waals surface area contributed by atoms with E-state index >= 15 is 0 Å². The van der Waals surface area contributed by atoms with Crippen LogP contribution in [0.4, 0.5) is 14.9 Å². The van der Waals surface area contributed by atoms with Gasteiger partial charge in [-0.05, 0) is 23.8 Å². The first-order valence-corrected chi connectivity index (χ1v) is 8.22. The first-order valence-electron chi connectivity index (χ1n) is 7.85. The average molecular weight is 376 g/mol. The van der Waals surface area contributed by atoms with Gasteiger partial charge in [-0.15, -0.1) is 0 Å². The Morgan fingerprint density at radius 2 is 1.92 bits per heavy atom. The Labute approximate surface area is 153 Å². The van der Waals surface area contributed by atoms with E-state index in [9.17, 15) is 18.8 Å². The van der Waals surface area contributed by atoms with Crippen molar-refractivity contribution in [2.45, 2.75) is 12.5 Å². The van der Waals surface area contributed by atoms with Gasteiger partial charge in [-0.3, -0.25) is 14.5 Å². The Bertz CT molecular complexity index is 860. The van der Waals surface area contributed by atoms with Crippen molar-refractivity contribution in [3.63, 3.8) is 0 Å². The SMILES string of the molecule is O=C(CN1C(=O)N[C@H](Cc2ccccc2)C1=O)Nc1ccc(F)cc1Cl. The van der Waals surface area contributed by atoms with Gasteiger partial charge in [-0.2, -0.15) is 0 Å². The zero-order valence-electron chi connectivity index (χ0n) is 13.5. The second-order valence-electron chi connectivity index (χ2n) is 5.79. The molecule has 0 unspecified atom stereocenters. The van der Waals surface area contributed by atoms with E-state index < -0.39 is 36.2 Å². The van der Waals surface area contributed by atoms with Gasteiger partial charge in [-0.1, -0.05) is 41.9 Å². The molecule has 0 radical (unpaired) electrons. The highest BCUT2D eigenvalue weighted by Crippen LogP contribution is 2.22. The third-order valence-corrected chi connectivity index (χ3v) is 4.21. The van der Waals surface area contributed by atoms with Crippen LogP contribution in [-0.2, 0) is 16.0 Å². The maximum absolute atomic E-state index is 13.0. The molecule has 8 heteroatoms. The van der Waals surface area contributed by atoms with Crippen LogP contribution in [0.1, 0.15) is 5.56 Å². The van der Waals surface area contributed by atoms with Gasteiger partial charge in [0.1, 0.15) is 18.4 Å². The number of rotatable bonds is 5. The third kappa shape index (κ3) is 4.00. The van der Waals surface area contributed by atoms with Gasteiger partial charge in [0.2, 0.25) is 5.91 Å².